The van der Waals surface area contributed by atoms with Gasteiger partial charge >= 0.3 is 5.97 Å². The van der Waals surface area contributed by atoms with Crippen molar-refractivity contribution in [1.29, 1.82) is 0 Å². The van der Waals surface area contributed by atoms with Gasteiger partial charge in [0.05, 0.1) is 18.5 Å². The number of rotatable bonds is 6. The molecule has 0 spiro atoms. The maximum atomic E-state index is 13.8. The molecule has 3 aromatic rings. The first-order valence-corrected chi connectivity index (χ1v) is 13.2. The number of halogens is 1. The number of carbonyl (C=O) groups excluding carboxylic acids is 1. The Bertz CT molecular complexity index is 1150. The largest absolute Gasteiger partial charge is 1.00 e. The zero-order valence-corrected chi connectivity index (χ0v) is 21.4. The third kappa shape index (κ3) is 4.69. The lowest BCUT2D eigenvalue weighted by molar-refractivity contribution is -0.958. The highest BCUT2D eigenvalue weighted by atomic mass is 35.5. The zero-order chi connectivity index (χ0) is 23.7. The highest BCUT2D eigenvalue weighted by Gasteiger charge is 2.51. The number of hydrogen-bond donors (Lipinski definition) is 0. The smallest absolute Gasteiger partial charge is 0.317 e. The number of esters is 1. The predicted molar refractivity (Wildman–Crippen MR) is 132 cm³/mol. The number of ether oxygens (including phenoxy) is 1. The molecule has 0 N–H and O–H groups in total. The van der Waals surface area contributed by atoms with Gasteiger partial charge < -0.3 is 26.2 Å². The van der Waals surface area contributed by atoms with Crippen molar-refractivity contribution < 1.29 is 30.9 Å². The molecule has 1 aliphatic carbocycles. The van der Waals surface area contributed by atoms with Crippen molar-refractivity contribution in [2.75, 3.05) is 19.6 Å². The maximum Gasteiger partial charge on any atom is 0.317 e. The molecule has 0 amide bonds. The molecule has 4 fully saturated rings. The Kier molecular flexibility index (Phi) is 7.18. The highest BCUT2D eigenvalue weighted by Crippen LogP contribution is 2.43. The minimum atomic E-state index is -0.491. The number of benzene rings is 2. The Morgan fingerprint density at radius 2 is 1.64 bits per heavy atom. The number of carbonyl (C=O) groups is 1. The number of nitrogens with zero attached hydrogens (tertiary/aromatic N) is 3. The van der Waals surface area contributed by atoms with E-state index in [1.807, 2.05) is 48.5 Å². The standard InChI is InChI=1S/C29H34N3O3.ClH/c33-28(29(16-8-3-9-17-29)24-12-6-2-7-13-24)34-25-20-32(18-14-22(25)15-19-32)21-26-30-27(35-31-26)23-10-4-1-5-11-23;/h1-2,4-7,10-13,22,25H,3,8-9,14-21H2;1H/q+1;/p-1/t22?,25-,32?;/m0./s1. The lowest BCUT2D eigenvalue weighted by atomic mass is 9.69. The third-order valence-corrected chi connectivity index (χ3v) is 8.69. The van der Waals surface area contributed by atoms with E-state index in [-0.39, 0.29) is 24.5 Å². The molecule has 0 radical (unpaired) electrons. The van der Waals surface area contributed by atoms with Crippen molar-refractivity contribution in [2.24, 2.45) is 5.92 Å². The van der Waals surface area contributed by atoms with Crippen LogP contribution < -0.4 is 12.4 Å². The summed E-state index contributed by atoms with van der Waals surface area (Å²) in [6.07, 6.45) is 7.27. The van der Waals surface area contributed by atoms with Gasteiger partial charge in [0.1, 0.15) is 13.1 Å². The number of piperidine rings is 3. The van der Waals surface area contributed by atoms with Crippen molar-refractivity contribution in [1.82, 2.24) is 10.1 Å². The Hall–Kier alpha value is -2.70. The van der Waals surface area contributed by atoms with E-state index in [1.54, 1.807) is 0 Å². The van der Waals surface area contributed by atoms with Crippen LogP contribution in [0.15, 0.2) is 65.2 Å². The SMILES string of the molecule is O=C(O[C@H]1C[N+]2(Cc3noc(-c4ccccc4)n3)CCC1CC2)C1(c2ccccc2)CCCCC1.[Cl-]. The summed E-state index contributed by atoms with van der Waals surface area (Å²) in [4.78, 5) is 18.5. The van der Waals surface area contributed by atoms with Gasteiger partial charge in [-0.25, -0.2) is 0 Å². The van der Waals surface area contributed by atoms with E-state index >= 15 is 0 Å². The Morgan fingerprint density at radius 3 is 2.33 bits per heavy atom. The second-order valence-electron chi connectivity index (χ2n) is 10.8. The van der Waals surface area contributed by atoms with Crippen LogP contribution in [0.4, 0.5) is 0 Å². The molecule has 190 valence electrons. The van der Waals surface area contributed by atoms with Crippen LogP contribution >= 0.6 is 0 Å². The van der Waals surface area contributed by atoms with Crippen LogP contribution in [0.1, 0.15) is 56.3 Å². The summed E-state index contributed by atoms with van der Waals surface area (Å²) in [5.74, 6) is 1.75. The number of quaternary nitrogens is 1. The van der Waals surface area contributed by atoms with Gasteiger partial charge in [0.2, 0.25) is 5.82 Å². The lowest BCUT2D eigenvalue weighted by Crippen LogP contribution is -3.00. The summed E-state index contributed by atoms with van der Waals surface area (Å²) in [5, 5.41) is 4.30. The molecule has 2 aromatic carbocycles. The molecule has 4 heterocycles. The van der Waals surface area contributed by atoms with Crippen molar-refractivity contribution in [3.05, 3.63) is 72.1 Å². The van der Waals surface area contributed by atoms with Crippen LogP contribution in [-0.4, -0.2) is 46.3 Å². The third-order valence-electron chi connectivity index (χ3n) is 8.69. The van der Waals surface area contributed by atoms with Crippen molar-refractivity contribution in [3.8, 4) is 11.5 Å². The van der Waals surface area contributed by atoms with Crippen LogP contribution in [0.25, 0.3) is 11.5 Å². The molecular formula is C29H34ClN3O3. The van der Waals surface area contributed by atoms with Crippen LogP contribution in [0.3, 0.4) is 0 Å². The number of aromatic nitrogens is 2. The van der Waals surface area contributed by atoms with Crippen LogP contribution in [-0.2, 0) is 21.5 Å². The van der Waals surface area contributed by atoms with Gasteiger partial charge in [-0.3, -0.25) is 4.79 Å². The quantitative estimate of drug-likeness (QED) is 0.378. The van der Waals surface area contributed by atoms with Crippen LogP contribution in [0, 0.1) is 5.92 Å². The first kappa shape index (κ1) is 25.0. The van der Waals surface area contributed by atoms with Crippen LogP contribution in [0.5, 0.6) is 0 Å². The summed E-state index contributed by atoms with van der Waals surface area (Å²) in [5.41, 5.74) is 1.57. The van der Waals surface area contributed by atoms with Crippen molar-refractivity contribution >= 4 is 5.97 Å². The van der Waals surface area contributed by atoms with E-state index in [4.69, 9.17) is 14.2 Å². The topological polar surface area (TPSA) is 65.2 Å². The molecule has 4 aliphatic rings. The normalized spacial score (nSPS) is 26.7. The minimum Gasteiger partial charge on any atom is -1.00 e. The van der Waals surface area contributed by atoms with E-state index in [9.17, 15) is 4.79 Å². The molecule has 1 atom stereocenters. The van der Waals surface area contributed by atoms with Gasteiger partial charge in [-0.2, -0.15) is 4.98 Å². The number of hydrogen-bond acceptors (Lipinski definition) is 5. The maximum absolute atomic E-state index is 13.8. The molecule has 3 saturated heterocycles. The Labute approximate surface area is 219 Å². The summed E-state index contributed by atoms with van der Waals surface area (Å²) < 4.78 is 12.9. The monoisotopic (exact) mass is 507 g/mol. The average molecular weight is 508 g/mol. The van der Waals surface area contributed by atoms with Gasteiger partial charge in [0.25, 0.3) is 5.89 Å². The van der Waals surface area contributed by atoms with E-state index in [1.165, 1.54) is 6.42 Å². The van der Waals surface area contributed by atoms with Gasteiger partial charge in [-0.1, -0.05) is 73.0 Å². The van der Waals surface area contributed by atoms with E-state index in [0.717, 1.165) is 86.1 Å². The molecule has 1 aromatic heterocycles. The van der Waals surface area contributed by atoms with Crippen LogP contribution in [0.2, 0.25) is 0 Å². The predicted octanol–water partition coefficient (Wildman–Crippen LogP) is 2.29. The van der Waals surface area contributed by atoms with E-state index in [0.29, 0.717) is 11.8 Å². The molecule has 3 aliphatic heterocycles. The lowest BCUT2D eigenvalue weighted by Gasteiger charge is -2.52. The van der Waals surface area contributed by atoms with E-state index < -0.39 is 5.41 Å². The molecule has 2 bridgehead atoms. The molecule has 36 heavy (non-hydrogen) atoms. The molecule has 0 unspecified atom stereocenters. The second kappa shape index (κ2) is 10.3. The first-order valence-electron chi connectivity index (χ1n) is 13.2. The fourth-order valence-corrected chi connectivity index (χ4v) is 6.67. The molecule has 7 rings (SSSR count). The van der Waals surface area contributed by atoms with Gasteiger partial charge in [-0.05, 0) is 30.5 Å². The van der Waals surface area contributed by atoms with Gasteiger partial charge in [-0.15, -0.1) is 0 Å². The molecular weight excluding hydrogens is 474 g/mol. The first-order chi connectivity index (χ1) is 17.2. The van der Waals surface area contributed by atoms with Gasteiger partial charge in [0.15, 0.2) is 6.10 Å². The fraction of sp³-hybridized carbons (Fsp3) is 0.483. The van der Waals surface area contributed by atoms with Gasteiger partial charge in [0, 0.05) is 24.3 Å². The Morgan fingerprint density at radius 1 is 0.972 bits per heavy atom. The Balaban J connectivity index is 0.00000267. The highest BCUT2D eigenvalue weighted by molar-refractivity contribution is 5.83. The van der Waals surface area contributed by atoms with Crippen molar-refractivity contribution in [2.45, 2.75) is 63.0 Å². The minimum absolute atomic E-state index is 0. The number of fused-ring (bicyclic) bond motifs is 3. The van der Waals surface area contributed by atoms with E-state index in [2.05, 4.69) is 17.3 Å². The molecule has 6 nitrogen and oxygen atoms in total. The molecule has 1 saturated carbocycles. The zero-order valence-electron chi connectivity index (χ0n) is 20.7. The summed E-state index contributed by atoms with van der Waals surface area (Å²) in [7, 11) is 0. The molecule has 7 heteroatoms. The van der Waals surface area contributed by atoms with Crippen molar-refractivity contribution in [3.63, 3.8) is 0 Å². The summed E-state index contributed by atoms with van der Waals surface area (Å²) in [6.45, 7) is 3.73. The summed E-state index contributed by atoms with van der Waals surface area (Å²) >= 11 is 0. The second-order valence-corrected chi connectivity index (χ2v) is 10.8. The average Bonchev–Trinajstić information content (AvgIpc) is 3.38. The fourth-order valence-electron chi connectivity index (χ4n) is 6.67. The summed E-state index contributed by atoms with van der Waals surface area (Å²) in [6, 6.07) is 20.2.